The molecule has 0 aliphatic carbocycles. The van der Waals surface area contributed by atoms with Crippen molar-refractivity contribution in [3.8, 4) is 5.69 Å². The number of piperidine rings is 1. The number of nitrogens with zero attached hydrogens (tertiary/aromatic N) is 3. The highest BCUT2D eigenvalue weighted by molar-refractivity contribution is 6.06. The zero-order valence-corrected chi connectivity index (χ0v) is 22.7. The first-order valence-electron chi connectivity index (χ1n) is 12.8. The summed E-state index contributed by atoms with van der Waals surface area (Å²) >= 11 is 0. The van der Waals surface area contributed by atoms with Gasteiger partial charge in [0.25, 0.3) is 0 Å². The van der Waals surface area contributed by atoms with Crippen LogP contribution in [-0.4, -0.2) is 45.2 Å². The van der Waals surface area contributed by atoms with E-state index in [9.17, 15) is 9.59 Å². The molecule has 0 bridgehead atoms. The van der Waals surface area contributed by atoms with E-state index in [0.29, 0.717) is 18.5 Å². The maximum absolute atomic E-state index is 12.9. The van der Waals surface area contributed by atoms with Crippen LogP contribution in [0.4, 0.5) is 4.79 Å². The normalized spacial score (nSPS) is 18.9. The summed E-state index contributed by atoms with van der Waals surface area (Å²) in [6.07, 6.45) is 4.16. The third-order valence-electron chi connectivity index (χ3n) is 6.70. The SMILES string of the molecule is CC(C)(C)CC(=O)c1cccc2cn(-c3ccc(C4(C)CCCN(C(=O)OC(C)(C)C)C4)cc3)nc12. The molecule has 1 aliphatic heterocycles. The topological polar surface area (TPSA) is 64.4 Å². The van der Waals surface area contributed by atoms with Gasteiger partial charge in [-0.3, -0.25) is 4.79 Å². The second-order valence-corrected chi connectivity index (χ2v) is 12.6. The van der Waals surface area contributed by atoms with Crippen LogP contribution >= 0.6 is 0 Å². The third-order valence-corrected chi connectivity index (χ3v) is 6.70. The lowest BCUT2D eigenvalue weighted by Gasteiger charge is -2.41. The number of hydrogen-bond acceptors (Lipinski definition) is 4. The van der Waals surface area contributed by atoms with E-state index in [-0.39, 0.29) is 22.7 Å². The number of fused-ring (bicyclic) bond motifs is 1. The highest BCUT2D eigenvalue weighted by atomic mass is 16.6. The van der Waals surface area contributed by atoms with Crippen molar-refractivity contribution in [2.24, 2.45) is 5.41 Å². The van der Waals surface area contributed by atoms with E-state index >= 15 is 0 Å². The zero-order chi connectivity index (χ0) is 26.3. The average Bonchev–Trinajstić information content (AvgIpc) is 3.21. The predicted molar refractivity (Wildman–Crippen MR) is 144 cm³/mol. The number of rotatable bonds is 4. The Morgan fingerprint density at radius 1 is 1.03 bits per heavy atom. The fourth-order valence-electron chi connectivity index (χ4n) is 4.95. The van der Waals surface area contributed by atoms with Crippen LogP contribution in [0.3, 0.4) is 0 Å². The second kappa shape index (κ2) is 9.38. The number of benzene rings is 2. The van der Waals surface area contributed by atoms with Crippen LogP contribution in [0.5, 0.6) is 0 Å². The Kier molecular flexibility index (Phi) is 6.76. The molecule has 192 valence electrons. The summed E-state index contributed by atoms with van der Waals surface area (Å²) in [6.45, 7) is 15.5. The number of likely N-dealkylation sites (tertiary alicyclic amines) is 1. The number of Topliss-reactive ketones (excluding diaryl/α,β-unsaturated/α-hetero) is 1. The molecule has 36 heavy (non-hydrogen) atoms. The summed E-state index contributed by atoms with van der Waals surface area (Å²) in [5, 5.41) is 5.74. The van der Waals surface area contributed by atoms with Crippen LogP contribution in [0.2, 0.25) is 0 Å². The molecule has 2 heterocycles. The maximum Gasteiger partial charge on any atom is 0.410 e. The van der Waals surface area contributed by atoms with Gasteiger partial charge in [0.1, 0.15) is 11.1 Å². The summed E-state index contributed by atoms with van der Waals surface area (Å²) < 4.78 is 7.46. The number of carbonyl (C=O) groups is 2. The van der Waals surface area contributed by atoms with Crippen molar-refractivity contribution in [3.05, 3.63) is 59.8 Å². The van der Waals surface area contributed by atoms with Crippen molar-refractivity contribution >= 4 is 22.8 Å². The highest BCUT2D eigenvalue weighted by Crippen LogP contribution is 2.35. The minimum absolute atomic E-state index is 0.0774. The molecular formula is C30H39N3O3. The molecule has 6 nitrogen and oxygen atoms in total. The number of carbonyl (C=O) groups excluding carboxylic acids is 2. The van der Waals surface area contributed by atoms with E-state index in [4.69, 9.17) is 9.84 Å². The Balaban J connectivity index is 1.56. The third kappa shape index (κ3) is 5.80. The molecular weight excluding hydrogens is 450 g/mol. The maximum atomic E-state index is 12.9. The fraction of sp³-hybridized carbons (Fsp3) is 0.500. The van der Waals surface area contributed by atoms with Gasteiger partial charge in [-0.1, -0.05) is 52.0 Å². The van der Waals surface area contributed by atoms with Crippen LogP contribution in [0, 0.1) is 5.41 Å². The number of aromatic nitrogens is 2. The van der Waals surface area contributed by atoms with Crippen molar-refractivity contribution in [3.63, 3.8) is 0 Å². The molecule has 1 fully saturated rings. The van der Waals surface area contributed by atoms with Crippen molar-refractivity contribution in [1.29, 1.82) is 0 Å². The van der Waals surface area contributed by atoms with Gasteiger partial charge in [-0.2, -0.15) is 5.10 Å². The smallest absolute Gasteiger partial charge is 0.410 e. The molecule has 6 heteroatoms. The summed E-state index contributed by atoms with van der Waals surface area (Å²) in [7, 11) is 0. The summed E-state index contributed by atoms with van der Waals surface area (Å²) in [5.41, 5.74) is 2.82. The lowest BCUT2D eigenvalue weighted by molar-refractivity contribution is 0.0146. The Hall–Kier alpha value is -3.15. The van der Waals surface area contributed by atoms with Gasteiger partial charge in [0.2, 0.25) is 0 Å². The van der Waals surface area contributed by atoms with E-state index in [1.807, 2.05) is 54.7 Å². The molecule has 1 unspecified atom stereocenters. The molecule has 2 aromatic carbocycles. The van der Waals surface area contributed by atoms with E-state index in [2.05, 4.69) is 52.0 Å². The molecule has 0 N–H and O–H groups in total. The summed E-state index contributed by atoms with van der Waals surface area (Å²) in [5.74, 6) is 0.119. The van der Waals surface area contributed by atoms with Gasteiger partial charge >= 0.3 is 6.09 Å². The van der Waals surface area contributed by atoms with Crippen LogP contribution < -0.4 is 0 Å². The van der Waals surface area contributed by atoms with Crippen LogP contribution in [0.25, 0.3) is 16.6 Å². The molecule has 1 atom stereocenters. The average molecular weight is 490 g/mol. The predicted octanol–water partition coefficient (Wildman–Crippen LogP) is 6.93. The van der Waals surface area contributed by atoms with Crippen molar-refractivity contribution < 1.29 is 14.3 Å². The molecule has 0 radical (unpaired) electrons. The van der Waals surface area contributed by atoms with Crippen LogP contribution in [0.1, 0.15) is 83.7 Å². The molecule has 1 saturated heterocycles. The van der Waals surface area contributed by atoms with Gasteiger partial charge in [0.05, 0.1) is 5.69 Å². The van der Waals surface area contributed by atoms with Gasteiger partial charge in [-0.05, 0) is 62.8 Å². The minimum atomic E-state index is -0.503. The number of ketones is 1. The first kappa shape index (κ1) is 25.9. The van der Waals surface area contributed by atoms with Crippen molar-refractivity contribution in [1.82, 2.24) is 14.7 Å². The largest absolute Gasteiger partial charge is 0.444 e. The lowest BCUT2D eigenvalue weighted by Crippen LogP contribution is -2.48. The highest BCUT2D eigenvalue weighted by Gasteiger charge is 2.36. The van der Waals surface area contributed by atoms with Crippen molar-refractivity contribution in [2.45, 2.75) is 78.7 Å². The standard InChI is InChI=1S/C30H39N3O3/c1-28(2,3)18-25(34)24-11-8-10-21-19-33(31-26(21)24)23-14-12-22(13-15-23)30(7)16-9-17-32(20-30)27(35)36-29(4,5)6/h8,10-15,19H,9,16-18,20H2,1-7H3. The van der Waals surface area contributed by atoms with Crippen molar-refractivity contribution in [2.75, 3.05) is 13.1 Å². The van der Waals surface area contributed by atoms with Gasteiger partial charge in [-0.15, -0.1) is 0 Å². The lowest BCUT2D eigenvalue weighted by atomic mass is 9.76. The molecule has 0 spiro atoms. The van der Waals surface area contributed by atoms with Gasteiger partial charge in [-0.25, -0.2) is 9.48 Å². The zero-order valence-electron chi connectivity index (χ0n) is 22.7. The first-order chi connectivity index (χ1) is 16.7. The van der Waals surface area contributed by atoms with Gasteiger partial charge in [0.15, 0.2) is 5.78 Å². The Bertz CT molecular complexity index is 1260. The number of hydrogen-bond donors (Lipinski definition) is 0. The van der Waals surface area contributed by atoms with E-state index < -0.39 is 5.60 Å². The monoisotopic (exact) mass is 489 g/mol. The molecule has 1 aromatic heterocycles. The Morgan fingerprint density at radius 2 is 1.72 bits per heavy atom. The van der Waals surface area contributed by atoms with E-state index in [1.54, 1.807) is 0 Å². The molecule has 0 saturated carbocycles. The summed E-state index contributed by atoms with van der Waals surface area (Å²) in [4.78, 5) is 27.4. The number of ether oxygens (including phenoxy) is 1. The Labute approximate surface area is 214 Å². The van der Waals surface area contributed by atoms with Crippen LogP contribution in [-0.2, 0) is 10.2 Å². The van der Waals surface area contributed by atoms with E-state index in [0.717, 1.165) is 36.0 Å². The number of amides is 1. The summed E-state index contributed by atoms with van der Waals surface area (Å²) in [6, 6.07) is 14.2. The quantitative estimate of drug-likeness (QED) is 0.373. The van der Waals surface area contributed by atoms with Gasteiger partial charge < -0.3 is 9.64 Å². The molecule has 1 amide bonds. The van der Waals surface area contributed by atoms with Gasteiger partial charge in [0, 0.05) is 42.1 Å². The Morgan fingerprint density at radius 3 is 2.36 bits per heavy atom. The van der Waals surface area contributed by atoms with Crippen LogP contribution in [0.15, 0.2) is 48.7 Å². The molecule has 3 aromatic rings. The fourth-order valence-corrected chi connectivity index (χ4v) is 4.95. The second-order valence-electron chi connectivity index (χ2n) is 12.6. The molecule has 4 rings (SSSR count). The van der Waals surface area contributed by atoms with E-state index in [1.165, 1.54) is 5.56 Å². The first-order valence-corrected chi connectivity index (χ1v) is 12.8. The molecule has 1 aliphatic rings. The minimum Gasteiger partial charge on any atom is -0.444 e.